The molecule has 1 atom stereocenters. The zero-order chi connectivity index (χ0) is 14.5. The fourth-order valence-electron chi connectivity index (χ4n) is 2.23. The van der Waals surface area contributed by atoms with Gasteiger partial charge in [-0.15, -0.1) is 11.3 Å². The number of hydrogen-bond donors (Lipinski definition) is 1. The molecule has 1 aliphatic heterocycles. The first-order valence-electron chi connectivity index (χ1n) is 6.68. The minimum absolute atomic E-state index is 0.0192. The highest BCUT2D eigenvalue weighted by Gasteiger charge is 2.28. The molecule has 0 radical (unpaired) electrons. The van der Waals surface area contributed by atoms with E-state index in [4.69, 9.17) is 5.11 Å². The number of carboxylic acid groups (broad SMARTS) is 1. The molecule has 20 heavy (non-hydrogen) atoms. The van der Waals surface area contributed by atoms with Crippen molar-refractivity contribution in [3.05, 3.63) is 11.1 Å². The summed E-state index contributed by atoms with van der Waals surface area (Å²) < 4.78 is 0.984. The first-order chi connectivity index (χ1) is 9.60. The lowest BCUT2D eigenvalue weighted by Crippen LogP contribution is -2.43. The molecular weight excluding hydrogens is 296 g/mol. The maximum atomic E-state index is 12.2. The number of piperidine rings is 1. The number of aromatic nitrogens is 1. The Kier molecular flexibility index (Phi) is 5.42. The molecule has 0 saturated carbocycles. The van der Waals surface area contributed by atoms with E-state index >= 15 is 0 Å². The highest BCUT2D eigenvalue weighted by Crippen LogP contribution is 2.23. The van der Waals surface area contributed by atoms with E-state index in [2.05, 4.69) is 11.9 Å². The summed E-state index contributed by atoms with van der Waals surface area (Å²) in [5, 5.41) is 10.9. The van der Waals surface area contributed by atoms with Gasteiger partial charge < -0.3 is 10.0 Å². The van der Waals surface area contributed by atoms with Crippen molar-refractivity contribution in [1.82, 2.24) is 9.88 Å². The Morgan fingerprint density at radius 3 is 3.10 bits per heavy atom. The van der Waals surface area contributed by atoms with Crippen molar-refractivity contribution >= 4 is 35.0 Å². The van der Waals surface area contributed by atoms with E-state index in [0.717, 1.165) is 22.2 Å². The van der Waals surface area contributed by atoms with Crippen LogP contribution in [0.2, 0.25) is 0 Å². The van der Waals surface area contributed by atoms with Crippen LogP contribution in [0.4, 0.5) is 0 Å². The number of likely N-dealkylation sites (tertiary alicyclic amines) is 1. The van der Waals surface area contributed by atoms with Crippen LogP contribution in [0.1, 0.15) is 25.5 Å². The van der Waals surface area contributed by atoms with Crippen molar-refractivity contribution in [3.8, 4) is 0 Å². The molecule has 1 saturated heterocycles. The molecule has 5 nitrogen and oxygen atoms in total. The van der Waals surface area contributed by atoms with Gasteiger partial charge in [-0.3, -0.25) is 9.59 Å². The van der Waals surface area contributed by atoms with Gasteiger partial charge in [0.2, 0.25) is 5.91 Å². The molecule has 0 spiro atoms. The molecule has 7 heteroatoms. The molecule has 2 rings (SSSR count). The van der Waals surface area contributed by atoms with Crippen molar-refractivity contribution < 1.29 is 14.7 Å². The normalized spacial score (nSPS) is 19.1. The quantitative estimate of drug-likeness (QED) is 0.843. The molecule has 1 aliphatic rings. The van der Waals surface area contributed by atoms with Gasteiger partial charge >= 0.3 is 5.97 Å². The van der Waals surface area contributed by atoms with Crippen LogP contribution in [0.15, 0.2) is 9.72 Å². The molecule has 2 heterocycles. The van der Waals surface area contributed by atoms with E-state index in [1.165, 1.54) is 0 Å². The predicted octanol–water partition coefficient (Wildman–Crippen LogP) is 2.12. The SMILES string of the molecule is CCSc1nc(CC(=O)N2CCC[C@@H](C(=O)O)C2)cs1. The zero-order valence-electron chi connectivity index (χ0n) is 11.4. The van der Waals surface area contributed by atoms with Gasteiger partial charge in [0.25, 0.3) is 0 Å². The number of amides is 1. The van der Waals surface area contributed by atoms with Crippen molar-refractivity contribution in [1.29, 1.82) is 0 Å². The van der Waals surface area contributed by atoms with E-state index in [1.54, 1.807) is 28.0 Å². The minimum Gasteiger partial charge on any atom is -0.481 e. The maximum Gasteiger partial charge on any atom is 0.308 e. The number of aliphatic carboxylic acids is 1. The van der Waals surface area contributed by atoms with E-state index in [9.17, 15) is 9.59 Å². The van der Waals surface area contributed by atoms with Gasteiger partial charge in [0.1, 0.15) is 4.34 Å². The summed E-state index contributed by atoms with van der Waals surface area (Å²) in [5.41, 5.74) is 0.786. The van der Waals surface area contributed by atoms with Crippen LogP contribution in [0.3, 0.4) is 0 Å². The summed E-state index contributed by atoms with van der Waals surface area (Å²) in [6.07, 6.45) is 1.69. The van der Waals surface area contributed by atoms with E-state index in [-0.39, 0.29) is 12.3 Å². The largest absolute Gasteiger partial charge is 0.481 e. The lowest BCUT2D eigenvalue weighted by atomic mass is 9.98. The molecule has 1 fully saturated rings. The van der Waals surface area contributed by atoms with Gasteiger partial charge in [0.05, 0.1) is 18.0 Å². The third kappa shape index (κ3) is 3.96. The highest BCUT2D eigenvalue weighted by molar-refractivity contribution is 8.00. The van der Waals surface area contributed by atoms with Gasteiger partial charge in [-0.2, -0.15) is 0 Å². The van der Waals surface area contributed by atoms with Crippen LogP contribution in [-0.2, 0) is 16.0 Å². The lowest BCUT2D eigenvalue weighted by Gasteiger charge is -2.30. The Morgan fingerprint density at radius 2 is 2.40 bits per heavy atom. The summed E-state index contributed by atoms with van der Waals surface area (Å²) >= 11 is 3.22. The Bertz CT molecular complexity index is 490. The monoisotopic (exact) mass is 314 g/mol. The topological polar surface area (TPSA) is 70.5 Å². The third-order valence-corrected chi connectivity index (χ3v) is 5.21. The van der Waals surface area contributed by atoms with Crippen molar-refractivity contribution in [2.75, 3.05) is 18.8 Å². The van der Waals surface area contributed by atoms with Crippen molar-refractivity contribution in [3.63, 3.8) is 0 Å². The number of carbonyl (C=O) groups excluding carboxylic acids is 1. The second kappa shape index (κ2) is 7.08. The van der Waals surface area contributed by atoms with Crippen LogP contribution in [0.25, 0.3) is 0 Å². The summed E-state index contributed by atoms with van der Waals surface area (Å²) in [5.74, 6) is -0.283. The average Bonchev–Trinajstić information content (AvgIpc) is 2.86. The van der Waals surface area contributed by atoms with Crippen LogP contribution in [-0.4, -0.2) is 45.7 Å². The average molecular weight is 314 g/mol. The number of hydrogen-bond acceptors (Lipinski definition) is 5. The second-order valence-corrected chi connectivity index (χ2v) is 7.10. The second-order valence-electron chi connectivity index (χ2n) is 4.73. The van der Waals surface area contributed by atoms with E-state index in [1.807, 2.05) is 5.38 Å². The fourth-order valence-corrected chi connectivity index (χ4v) is 3.97. The summed E-state index contributed by atoms with van der Waals surface area (Å²) in [4.78, 5) is 29.3. The van der Waals surface area contributed by atoms with Crippen LogP contribution >= 0.6 is 23.1 Å². The minimum atomic E-state index is -0.808. The zero-order valence-corrected chi connectivity index (χ0v) is 13.0. The van der Waals surface area contributed by atoms with Crippen LogP contribution in [0.5, 0.6) is 0 Å². The fraction of sp³-hybridized carbons (Fsp3) is 0.615. The van der Waals surface area contributed by atoms with E-state index < -0.39 is 11.9 Å². The van der Waals surface area contributed by atoms with Crippen LogP contribution in [0, 0.1) is 5.92 Å². The van der Waals surface area contributed by atoms with Crippen molar-refractivity contribution in [2.45, 2.75) is 30.5 Å². The number of carboxylic acids is 1. The molecule has 1 N–H and O–H groups in total. The molecule has 1 aromatic heterocycles. The van der Waals surface area contributed by atoms with Gasteiger partial charge in [0, 0.05) is 18.5 Å². The number of nitrogens with zero attached hydrogens (tertiary/aromatic N) is 2. The summed E-state index contributed by atoms with van der Waals surface area (Å²) in [6, 6.07) is 0. The van der Waals surface area contributed by atoms with Gasteiger partial charge in [0.15, 0.2) is 0 Å². The Morgan fingerprint density at radius 1 is 1.60 bits per heavy atom. The number of thiazole rings is 1. The molecule has 110 valence electrons. The third-order valence-electron chi connectivity index (χ3n) is 3.25. The van der Waals surface area contributed by atoms with Crippen LogP contribution < -0.4 is 0 Å². The highest BCUT2D eigenvalue weighted by atomic mass is 32.2. The predicted molar refractivity (Wildman–Crippen MR) is 79.2 cm³/mol. The van der Waals surface area contributed by atoms with Gasteiger partial charge in [-0.1, -0.05) is 18.7 Å². The van der Waals surface area contributed by atoms with Gasteiger partial charge in [-0.05, 0) is 18.6 Å². The number of thioether (sulfide) groups is 1. The molecule has 1 amide bonds. The standard InChI is InChI=1S/C13H18N2O3S2/c1-2-19-13-14-10(8-20-13)6-11(16)15-5-3-4-9(7-15)12(17)18/h8-9H,2-7H2,1H3,(H,17,18)/t9-/m1/s1. The molecule has 1 aromatic rings. The molecule has 0 bridgehead atoms. The van der Waals surface area contributed by atoms with E-state index in [0.29, 0.717) is 19.5 Å². The Hall–Kier alpha value is -1.08. The van der Waals surface area contributed by atoms with Gasteiger partial charge in [-0.25, -0.2) is 4.98 Å². The lowest BCUT2D eigenvalue weighted by molar-refractivity contribution is -0.145. The number of carbonyl (C=O) groups is 2. The maximum absolute atomic E-state index is 12.2. The molecular formula is C13H18N2O3S2. The Balaban J connectivity index is 1.91. The molecule has 0 aliphatic carbocycles. The Labute approximate surface area is 126 Å². The van der Waals surface area contributed by atoms with Crippen molar-refractivity contribution in [2.24, 2.45) is 5.92 Å². The summed E-state index contributed by atoms with van der Waals surface area (Å²) in [6.45, 7) is 3.05. The number of rotatable bonds is 5. The first kappa shape index (κ1) is 15.3. The summed E-state index contributed by atoms with van der Waals surface area (Å²) in [7, 11) is 0. The molecule has 0 aromatic carbocycles. The first-order valence-corrected chi connectivity index (χ1v) is 8.54. The molecule has 0 unspecified atom stereocenters. The smallest absolute Gasteiger partial charge is 0.308 e.